The highest BCUT2D eigenvalue weighted by atomic mass is 31.2. The van der Waals surface area contributed by atoms with Gasteiger partial charge in [-0.15, -0.1) is 0 Å². The third-order valence-corrected chi connectivity index (χ3v) is 3.37. The number of carboxylic acid groups (broad SMARTS) is 1. The zero-order valence-corrected chi connectivity index (χ0v) is 9.81. The van der Waals surface area contributed by atoms with Crippen LogP contribution < -0.4 is 0 Å². The van der Waals surface area contributed by atoms with E-state index in [0.29, 0.717) is 6.08 Å². The van der Waals surface area contributed by atoms with E-state index in [9.17, 15) is 14.2 Å². The van der Waals surface area contributed by atoms with Crippen molar-refractivity contribution in [1.82, 2.24) is 0 Å². The van der Waals surface area contributed by atoms with E-state index in [4.69, 9.17) is 5.11 Å². The Morgan fingerprint density at radius 2 is 1.81 bits per heavy atom. The van der Waals surface area contributed by atoms with E-state index >= 15 is 0 Å². The SMILES string of the molecule is COP(=O)(CCOC(=O)/C=C/C(=O)O)OC. The smallest absolute Gasteiger partial charge is 0.333 e. The Bertz CT molecular complexity index is 314. The molecule has 0 unspecified atom stereocenters. The molecule has 0 bridgehead atoms. The van der Waals surface area contributed by atoms with Gasteiger partial charge in [0.15, 0.2) is 0 Å². The molecule has 0 amide bonds. The fourth-order valence-electron chi connectivity index (χ4n) is 0.703. The van der Waals surface area contributed by atoms with Crippen molar-refractivity contribution in [3.8, 4) is 0 Å². The van der Waals surface area contributed by atoms with Crippen molar-refractivity contribution in [3.05, 3.63) is 12.2 Å². The van der Waals surface area contributed by atoms with Crippen LogP contribution in [0.1, 0.15) is 0 Å². The molecule has 0 saturated carbocycles. The van der Waals surface area contributed by atoms with E-state index in [1.165, 1.54) is 14.2 Å². The number of carbonyl (C=O) groups excluding carboxylic acids is 1. The Balaban J connectivity index is 3.95. The standard InChI is InChI=1S/C8H13O7P/c1-13-16(12,14-2)6-5-15-8(11)4-3-7(9)10/h3-4H,5-6H2,1-2H3,(H,9,10)/b4-3+. The molecule has 0 aliphatic carbocycles. The number of carbonyl (C=O) groups is 2. The Kier molecular flexibility index (Phi) is 6.64. The van der Waals surface area contributed by atoms with Crippen LogP contribution in [0.5, 0.6) is 0 Å². The maximum Gasteiger partial charge on any atom is 0.333 e. The largest absolute Gasteiger partial charge is 0.478 e. The number of ether oxygens (including phenoxy) is 1. The van der Waals surface area contributed by atoms with Crippen molar-refractivity contribution in [1.29, 1.82) is 0 Å². The fourth-order valence-corrected chi connectivity index (χ4v) is 1.53. The van der Waals surface area contributed by atoms with Crippen LogP contribution in [0.15, 0.2) is 12.2 Å². The van der Waals surface area contributed by atoms with E-state index in [1.807, 2.05) is 0 Å². The summed E-state index contributed by atoms with van der Waals surface area (Å²) in [5, 5.41) is 8.21. The van der Waals surface area contributed by atoms with Crippen LogP contribution in [0.25, 0.3) is 0 Å². The quantitative estimate of drug-likeness (QED) is 0.403. The molecule has 0 fully saturated rings. The highest BCUT2D eigenvalue weighted by molar-refractivity contribution is 7.53. The summed E-state index contributed by atoms with van der Waals surface area (Å²) in [5.74, 6) is -2.09. The molecule has 1 N–H and O–H groups in total. The van der Waals surface area contributed by atoms with Crippen molar-refractivity contribution in [3.63, 3.8) is 0 Å². The van der Waals surface area contributed by atoms with Crippen LogP contribution >= 0.6 is 7.60 Å². The van der Waals surface area contributed by atoms with Crippen LogP contribution in [0.4, 0.5) is 0 Å². The first kappa shape index (κ1) is 14.8. The van der Waals surface area contributed by atoms with Crippen LogP contribution in [0.3, 0.4) is 0 Å². The van der Waals surface area contributed by atoms with Gasteiger partial charge in [-0.25, -0.2) is 9.59 Å². The first-order valence-corrected chi connectivity index (χ1v) is 5.94. The molecule has 0 aromatic heterocycles. The number of rotatable bonds is 7. The molecule has 0 atom stereocenters. The summed E-state index contributed by atoms with van der Waals surface area (Å²) in [5.41, 5.74) is 0. The average molecular weight is 252 g/mol. The lowest BCUT2D eigenvalue weighted by atomic mass is 10.5. The fraction of sp³-hybridized carbons (Fsp3) is 0.500. The lowest BCUT2D eigenvalue weighted by Gasteiger charge is -2.12. The summed E-state index contributed by atoms with van der Waals surface area (Å²) < 4.78 is 25.2. The molecule has 0 heterocycles. The number of aliphatic carboxylic acids is 1. The summed E-state index contributed by atoms with van der Waals surface area (Å²) in [7, 11) is -0.756. The van der Waals surface area contributed by atoms with Gasteiger partial charge in [-0.05, 0) is 0 Å². The number of carboxylic acids is 1. The van der Waals surface area contributed by atoms with Crippen LogP contribution in [0, 0.1) is 0 Å². The first-order chi connectivity index (χ1) is 7.43. The third-order valence-electron chi connectivity index (χ3n) is 1.53. The lowest BCUT2D eigenvalue weighted by Crippen LogP contribution is -2.08. The van der Waals surface area contributed by atoms with Crippen molar-refractivity contribution < 1.29 is 33.0 Å². The maximum absolute atomic E-state index is 11.5. The zero-order valence-electron chi connectivity index (χ0n) is 8.91. The van der Waals surface area contributed by atoms with Gasteiger partial charge in [0.25, 0.3) is 0 Å². The van der Waals surface area contributed by atoms with Gasteiger partial charge in [0, 0.05) is 26.4 Å². The summed E-state index contributed by atoms with van der Waals surface area (Å²) in [6, 6.07) is 0. The summed E-state index contributed by atoms with van der Waals surface area (Å²) in [6.45, 7) is -0.179. The number of esters is 1. The molecule has 0 aromatic carbocycles. The second-order valence-corrected chi connectivity index (χ2v) is 4.94. The summed E-state index contributed by atoms with van der Waals surface area (Å²) in [6.07, 6.45) is 1.31. The van der Waals surface area contributed by atoms with Crippen LogP contribution in [-0.4, -0.2) is 44.0 Å². The van der Waals surface area contributed by atoms with E-state index < -0.39 is 19.5 Å². The van der Waals surface area contributed by atoms with E-state index in [1.54, 1.807) is 0 Å². The second-order valence-electron chi connectivity index (χ2n) is 2.54. The van der Waals surface area contributed by atoms with Crippen LogP contribution in [0.2, 0.25) is 0 Å². The van der Waals surface area contributed by atoms with Gasteiger partial charge >= 0.3 is 19.5 Å². The Morgan fingerprint density at radius 3 is 2.25 bits per heavy atom. The monoisotopic (exact) mass is 252 g/mol. The molecule has 0 radical (unpaired) electrons. The normalized spacial score (nSPS) is 11.6. The summed E-state index contributed by atoms with van der Waals surface area (Å²) in [4.78, 5) is 20.9. The molecule has 92 valence electrons. The molecular weight excluding hydrogens is 239 g/mol. The predicted molar refractivity (Wildman–Crippen MR) is 54.2 cm³/mol. The lowest BCUT2D eigenvalue weighted by molar-refractivity contribution is -0.138. The summed E-state index contributed by atoms with van der Waals surface area (Å²) >= 11 is 0. The molecule has 0 aliphatic heterocycles. The first-order valence-electron chi connectivity index (χ1n) is 4.22. The average Bonchev–Trinajstić information content (AvgIpc) is 2.26. The predicted octanol–water partition coefficient (Wildman–Crippen LogP) is 0.656. The molecule has 0 spiro atoms. The van der Waals surface area contributed by atoms with Gasteiger partial charge in [0.2, 0.25) is 0 Å². The van der Waals surface area contributed by atoms with Crippen molar-refractivity contribution >= 4 is 19.5 Å². The number of hydrogen-bond donors (Lipinski definition) is 1. The van der Waals surface area contributed by atoms with Gasteiger partial charge in [-0.1, -0.05) is 0 Å². The van der Waals surface area contributed by atoms with E-state index in [2.05, 4.69) is 13.8 Å². The van der Waals surface area contributed by atoms with Crippen molar-refractivity contribution in [2.24, 2.45) is 0 Å². The van der Waals surface area contributed by atoms with Crippen molar-refractivity contribution in [2.45, 2.75) is 0 Å². The second kappa shape index (κ2) is 7.16. The van der Waals surface area contributed by atoms with Gasteiger partial charge in [0.05, 0.1) is 6.16 Å². The van der Waals surface area contributed by atoms with Gasteiger partial charge in [0.1, 0.15) is 6.61 Å². The molecule has 8 heteroatoms. The molecule has 16 heavy (non-hydrogen) atoms. The molecule has 7 nitrogen and oxygen atoms in total. The van der Waals surface area contributed by atoms with Gasteiger partial charge in [-0.3, -0.25) is 4.57 Å². The van der Waals surface area contributed by atoms with Crippen molar-refractivity contribution in [2.75, 3.05) is 27.0 Å². The van der Waals surface area contributed by atoms with E-state index in [-0.39, 0.29) is 12.8 Å². The topological polar surface area (TPSA) is 99.1 Å². The minimum absolute atomic E-state index is 0.0906. The molecular formula is C8H13O7P. The highest BCUT2D eigenvalue weighted by Crippen LogP contribution is 2.45. The highest BCUT2D eigenvalue weighted by Gasteiger charge is 2.20. The Morgan fingerprint density at radius 1 is 1.25 bits per heavy atom. The van der Waals surface area contributed by atoms with Gasteiger partial charge < -0.3 is 18.9 Å². The van der Waals surface area contributed by atoms with E-state index in [0.717, 1.165) is 6.08 Å². The van der Waals surface area contributed by atoms with Crippen LogP contribution in [-0.2, 0) is 27.9 Å². The molecule has 0 aliphatic rings. The van der Waals surface area contributed by atoms with Gasteiger partial charge in [-0.2, -0.15) is 0 Å². The molecule has 0 aromatic rings. The number of hydrogen-bond acceptors (Lipinski definition) is 6. The Hall–Kier alpha value is -1.17. The zero-order chi connectivity index (χ0) is 12.6. The minimum Gasteiger partial charge on any atom is -0.478 e. The third kappa shape index (κ3) is 6.34. The molecule has 0 rings (SSSR count). The Labute approximate surface area is 92.5 Å². The maximum atomic E-state index is 11.5. The molecule has 0 saturated heterocycles. The minimum atomic E-state index is -3.19.